The summed E-state index contributed by atoms with van der Waals surface area (Å²) in [4.78, 5) is 23.0. The molecule has 1 amide bonds. The van der Waals surface area contributed by atoms with E-state index in [9.17, 15) is 18.0 Å². The number of hydrogen-bond acceptors (Lipinski definition) is 4. The summed E-state index contributed by atoms with van der Waals surface area (Å²) in [6.07, 6.45) is -2.46. The summed E-state index contributed by atoms with van der Waals surface area (Å²) in [6.45, 7) is 5.31. The molecule has 27 heavy (non-hydrogen) atoms. The normalized spacial score (nSPS) is 15.7. The fourth-order valence-electron chi connectivity index (χ4n) is 2.98. The number of aryl methyl sites for hydroxylation is 1. The number of nitrogens with zero attached hydrogens (tertiary/aromatic N) is 3. The zero-order valence-corrected chi connectivity index (χ0v) is 15.2. The number of rotatable bonds is 3. The topological polar surface area (TPSA) is 58.1 Å². The molecule has 144 valence electrons. The number of halogens is 3. The van der Waals surface area contributed by atoms with Crippen LogP contribution in [0.4, 0.5) is 24.8 Å². The molecule has 1 fully saturated rings. The standard InChI is InChI=1S/C19H21F3N4O/c1-12-7-9-26(10-8-12)17(27)16-11-13(2)23-18(25-16)24-15-5-3-14(4-6-15)19(20,21)22/h3-6,11-12H,7-10H2,1-2H3,(H,23,24,25). The maximum Gasteiger partial charge on any atom is 0.416 e. The Hall–Kier alpha value is -2.64. The molecule has 3 rings (SSSR count). The summed E-state index contributed by atoms with van der Waals surface area (Å²) < 4.78 is 38.0. The number of alkyl halides is 3. The van der Waals surface area contributed by atoms with Crippen molar-refractivity contribution in [2.45, 2.75) is 32.9 Å². The molecular formula is C19H21F3N4O. The Bertz CT molecular complexity index is 813. The van der Waals surface area contributed by atoms with Gasteiger partial charge in [-0.1, -0.05) is 6.92 Å². The van der Waals surface area contributed by atoms with E-state index < -0.39 is 11.7 Å². The molecule has 2 heterocycles. The second kappa shape index (κ2) is 7.54. The van der Waals surface area contributed by atoms with Crippen molar-refractivity contribution in [2.24, 2.45) is 5.92 Å². The van der Waals surface area contributed by atoms with Crippen molar-refractivity contribution in [3.05, 3.63) is 47.3 Å². The van der Waals surface area contributed by atoms with Gasteiger partial charge in [0.25, 0.3) is 5.91 Å². The van der Waals surface area contributed by atoms with Crippen molar-refractivity contribution in [3.63, 3.8) is 0 Å². The summed E-state index contributed by atoms with van der Waals surface area (Å²) in [5.41, 5.74) is 0.576. The van der Waals surface area contributed by atoms with Gasteiger partial charge in [0.05, 0.1) is 5.56 Å². The van der Waals surface area contributed by atoms with Crippen LogP contribution in [0.25, 0.3) is 0 Å². The first-order valence-electron chi connectivity index (χ1n) is 8.81. The highest BCUT2D eigenvalue weighted by atomic mass is 19.4. The number of hydrogen-bond donors (Lipinski definition) is 1. The van der Waals surface area contributed by atoms with Gasteiger partial charge in [-0.15, -0.1) is 0 Å². The van der Waals surface area contributed by atoms with Crippen LogP contribution < -0.4 is 5.32 Å². The SMILES string of the molecule is Cc1cc(C(=O)N2CCC(C)CC2)nc(Nc2ccc(C(F)(F)F)cc2)n1. The van der Waals surface area contributed by atoms with E-state index in [1.807, 2.05) is 0 Å². The molecule has 1 aromatic carbocycles. The number of piperidine rings is 1. The number of carbonyl (C=O) groups is 1. The van der Waals surface area contributed by atoms with Crippen LogP contribution >= 0.6 is 0 Å². The van der Waals surface area contributed by atoms with E-state index in [1.54, 1.807) is 17.9 Å². The van der Waals surface area contributed by atoms with E-state index in [2.05, 4.69) is 22.2 Å². The first kappa shape index (κ1) is 19.1. The third-order valence-corrected chi connectivity index (χ3v) is 4.61. The number of aromatic nitrogens is 2. The summed E-state index contributed by atoms with van der Waals surface area (Å²) >= 11 is 0. The molecule has 8 heteroatoms. The highest BCUT2D eigenvalue weighted by Gasteiger charge is 2.30. The highest BCUT2D eigenvalue weighted by Crippen LogP contribution is 2.30. The van der Waals surface area contributed by atoms with Crippen molar-refractivity contribution in [1.29, 1.82) is 0 Å². The Morgan fingerprint density at radius 3 is 2.37 bits per heavy atom. The van der Waals surface area contributed by atoms with Gasteiger partial charge in [-0.2, -0.15) is 13.2 Å². The zero-order valence-electron chi connectivity index (χ0n) is 15.2. The molecule has 0 aliphatic carbocycles. The van der Waals surface area contributed by atoms with E-state index in [1.165, 1.54) is 12.1 Å². The molecule has 0 unspecified atom stereocenters. The van der Waals surface area contributed by atoms with Gasteiger partial charge >= 0.3 is 6.18 Å². The number of amides is 1. The molecule has 0 atom stereocenters. The van der Waals surface area contributed by atoms with Crippen LogP contribution in [0.3, 0.4) is 0 Å². The number of benzene rings is 1. The first-order valence-corrected chi connectivity index (χ1v) is 8.81. The predicted molar refractivity (Wildman–Crippen MR) is 95.8 cm³/mol. The van der Waals surface area contributed by atoms with Gasteiger partial charge in [-0.05, 0) is 56.0 Å². The number of carbonyl (C=O) groups excluding carboxylic acids is 1. The quantitative estimate of drug-likeness (QED) is 0.859. The van der Waals surface area contributed by atoms with Crippen LogP contribution in [0.1, 0.15) is 41.5 Å². The van der Waals surface area contributed by atoms with E-state index in [-0.39, 0.29) is 17.5 Å². The molecule has 1 aliphatic rings. The van der Waals surface area contributed by atoms with Crippen LogP contribution in [0.2, 0.25) is 0 Å². The minimum absolute atomic E-state index is 0.150. The molecule has 1 saturated heterocycles. The van der Waals surface area contributed by atoms with Crippen LogP contribution in [-0.4, -0.2) is 33.9 Å². The van der Waals surface area contributed by atoms with Crippen molar-refractivity contribution in [3.8, 4) is 0 Å². The van der Waals surface area contributed by atoms with E-state index in [0.29, 0.717) is 30.4 Å². The molecule has 0 spiro atoms. The minimum atomic E-state index is -4.39. The maximum atomic E-state index is 12.7. The zero-order chi connectivity index (χ0) is 19.6. The molecule has 1 N–H and O–H groups in total. The Kier molecular flexibility index (Phi) is 5.34. The molecule has 0 saturated carbocycles. The van der Waals surface area contributed by atoms with Crippen molar-refractivity contribution in [2.75, 3.05) is 18.4 Å². The van der Waals surface area contributed by atoms with Crippen LogP contribution in [-0.2, 0) is 6.18 Å². The van der Waals surface area contributed by atoms with Gasteiger partial charge in [0.2, 0.25) is 5.95 Å². The molecular weight excluding hydrogens is 357 g/mol. The van der Waals surface area contributed by atoms with Crippen LogP contribution in [0.15, 0.2) is 30.3 Å². The smallest absolute Gasteiger partial charge is 0.337 e. The largest absolute Gasteiger partial charge is 0.416 e. The van der Waals surface area contributed by atoms with Crippen molar-refractivity contribution >= 4 is 17.5 Å². The summed E-state index contributed by atoms with van der Waals surface area (Å²) in [5, 5.41) is 2.87. The molecule has 5 nitrogen and oxygen atoms in total. The highest BCUT2D eigenvalue weighted by molar-refractivity contribution is 5.92. The monoisotopic (exact) mass is 378 g/mol. The number of nitrogens with one attached hydrogen (secondary N) is 1. The Labute approximate surface area is 155 Å². The minimum Gasteiger partial charge on any atom is -0.337 e. The number of likely N-dealkylation sites (tertiary alicyclic amines) is 1. The third kappa shape index (κ3) is 4.75. The lowest BCUT2D eigenvalue weighted by Crippen LogP contribution is -2.38. The van der Waals surface area contributed by atoms with E-state index in [0.717, 1.165) is 25.0 Å². The molecule has 0 bridgehead atoms. The van der Waals surface area contributed by atoms with E-state index in [4.69, 9.17) is 0 Å². The summed E-state index contributed by atoms with van der Waals surface area (Å²) in [7, 11) is 0. The molecule has 1 aromatic heterocycles. The predicted octanol–water partition coefficient (Wildman–Crippen LogP) is 4.42. The average Bonchev–Trinajstić information content (AvgIpc) is 2.61. The summed E-state index contributed by atoms with van der Waals surface area (Å²) in [6, 6.07) is 6.21. The van der Waals surface area contributed by atoms with E-state index >= 15 is 0 Å². The van der Waals surface area contributed by atoms with Gasteiger partial charge in [-0.3, -0.25) is 4.79 Å². The third-order valence-electron chi connectivity index (χ3n) is 4.61. The first-order chi connectivity index (χ1) is 12.7. The lowest BCUT2D eigenvalue weighted by molar-refractivity contribution is -0.137. The van der Waals surface area contributed by atoms with Gasteiger partial charge in [0.15, 0.2) is 0 Å². The Balaban J connectivity index is 1.76. The second-order valence-corrected chi connectivity index (χ2v) is 6.89. The van der Waals surface area contributed by atoms with Crippen LogP contribution in [0, 0.1) is 12.8 Å². The van der Waals surface area contributed by atoms with Crippen molar-refractivity contribution < 1.29 is 18.0 Å². The average molecular weight is 378 g/mol. The van der Waals surface area contributed by atoms with Gasteiger partial charge in [0, 0.05) is 24.5 Å². The lowest BCUT2D eigenvalue weighted by atomic mass is 9.99. The molecule has 2 aromatic rings. The fraction of sp³-hybridized carbons (Fsp3) is 0.421. The fourth-order valence-corrected chi connectivity index (χ4v) is 2.98. The summed E-state index contributed by atoms with van der Waals surface area (Å²) in [5.74, 6) is 0.643. The van der Waals surface area contributed by atoms with Gasteiger partial charge in [0.1, 0.15) is 5.69 Å². The van der Waals surface area contributed by atoms with Gasteiger partial charge < -0.3 is 10.2 Å². The maximum absolute atomic E-state index is 12.7. The Morgan fingerprint density at radius 1 is 1.15 bits per heavy atom. The lowest BCUT2D eigenvalue weighted by Gasteiger charge is -2.30. The molecule has 1 aliphatic heterocycles. The van der Waals surface area contributed by atoms with Crippen LogP contribution in [0.5, 0.6) is 0 Å². The second-order valence-electron chi connectivity index (χ2n) is 6.89. The Morgan fingerprint density at radius 2 is 1.78 bits per heavy atom. The molecule has 0 radical (unpaired) electrons. The van der Waals surface area contributed by atoms with Crippen molar-refractivity contribution in [1.82, 2.24) is 14.9 Å². The number of anilines is 2. The van der Waals surface area contributed by atoms with Gasteiger partial charge in [-0.25, -0.2) is 9.97 Å².